The second-order valence-electron chi connectivity index (χ2n) is 4.31. The molecule has 1 N–H and O–H groups in total. The van der Waals surface area contributed by atoms with Gasteiger partial charge in [0.15, 0.2) is 0 Å². The van der Waals surface area contributed by atoms with E-state index in [1.54, 1.807) is 30.2 Å². The highest BCUT2D eigenvalue weighted by Crippen LogP contribution is 2.18. The Labute approximate surface area is 111 Å². The van der Waals surface area contributed by atoms with Crippen LogP contribution in [0.1, 0.15) is 41.5 Å². The molecule has 5 heteroatoms. The van der Waals surface area contributed by atoms with Crippen LogP contribution in [-0.2, 0) is 0 Å². The number of aryl methyl sites for hydroxylation is 1. The number of rotatable bonds is 5. The van der Waals surface area contributed by atoms with E-state index in [1.807, 2.05) is 6.92 Å². The second kappa shape index (κ2) is 6.09. The van der Waals surface area contributed by atoms with Crippen molar-refractivity contribution >= 4 is 17.7 Å². The number of thioether (sulfide) groups is 1. The number of nitrogens with zero attached hydrogens (tertiary/aromatic N) is 1. The van der Waals surface area contributed by atoms with Crippen molar-refractivity contribution in [3.63, 3.8) is 0 Å². The van der Waals surface area contributed by atoms with Crippen molar-refractivity contribution in [2.24, 2.45) is 0 Å². The van der Waals surface area contributed by atoms with E-state index in [0.29, 0.717) is 11.3 Å². The van der Waals surface area contributed by atoms with Crippen molar-refractivity contribution in [2.75, 3.05) is 11.5 Å². The fraction of sp³-hybridized carbons (Fsp3) is 0.538. The highest BCUT2D eigenvalue weighted by atomic mass is 32.2. The van der Waals surface area contributed by atoms with Gasteiger partial charge in [0.1, 0.15) is 0 Å². The number of aromatic nitrogens is 1. The first-order chi connectivity index (χ1) is 8.40. The molecule has 0 spiro atoms. The summed E-state index contributed by atoms with van der Waals surface area (Å²) in [6, 6.07) is 1.41. The van der Waals surface area contributed by atoms with Gasteiger partial charge in [0, 0.05) is 23.6 Å². The van der Waals surface area contributed by atoms with Crippen LogP contribution in [-0.4, -0.2) is 27.1 Å². The van der Waals surface area contributed by atoms with Gasteiger partial charge in [0.25, 0.3) is 5.56 Å². The Morgan fingerprint density at radius 1 is 1.50 bits per heavy atom. The predicted octanol–water partition coefficient (Wildman–Crippen LogP) is 2.48. The average molecular weight is 269 g/mol. The summed E-state index contributed by atoms with van der Waals surface area (Å²) in [7, 11) is 0. The molecule has 1 aromatic rings. The summed E-state index contributed by atoms with van der Waals surface area (Å²) in [6.45, 7) is 7.36. The van der Waals surface area contributed by atoms with Crippen LogP contribution in [0.5, 0.6) is 0 Å². The maximum absolute atomic E-state index is 12.0. The molecular weight excluding hydrogens is 250 g/mol. The predicted molar refractivity (Wildman–Crippen MR) is 74.8 cm³/mol. The third-order valence-electron chi connectivity index (χ3n) is 2.91. The zero-order chi connectivity index (χ0) is 13.9. The van der Waals surface area contributed by atoms with E-state index in [4.69, 9.17) is 0 Å². The molecule has 1 heterocycles. The smallest absolute Gasteiger partial charge is 0.337 e. The van der Waals surface area contributed by atoms with Gasteiger partial charge in [-0.1, -0.05) is 6.92 Å². The molecule has 0 aliphatic carbocycles. The highest BCUT2D eigenvalue weighted by molar-refractivity contribution is 7.99. The molecule has 4 nitrogen and oxygen atoms in total. The normalized spacial score (nSPS) is 12.4. The first-order valence-electron chi connectivity index (χ1n) is 5.93. The second-order valence-corrected chi connectivity index (χ2v) is 5.63. The van der Waals surface area contributed by atoms with Crippen LogP contribution in [0.3, 0.4) is 0 Å². The van der Waals surface area contributed by atoms with Gasteiger partial charge in [-0.2, -0.15) is 11.8 Å². The average Bonchev–Trinajstić information content (AvgIpc) is 2.24. The van der Waals surface area contributed by atoms with Crippen molar-refractivity contribution in [2.45, 2.75) is 33.7 Å². The Morgan fingerprint density at radius 2 is 2.11 bits per heavy atom. The van der Waals surface area contributed by atoms with E-state index in [0.717, 1.165) is 11.5 Å². The molecule has 0 saturated heterocycles. The summed E-state index contributed by atoms with van der Waals surface area (Å²) in [5.74, 6) is 0.809. The minimum Gasteiger partial charge on any atom is -0.478 e. The van der Waals surface area contributed by atoms with Gasteiger partial charge >= 0.3 is 5.97 Å². The number of aromatic carboxylic acids is 1. The lowest BCUT2D eigenvalue weighted by molar-refractivity contribution is 0.0694. The topological polar surface area (TPSA) is 59.3 Å². The molecule has 0 fully saturated rings. The third kappa shape index (κ3) is 2.96. The Kier molecular flexibility index (Phi) is 5.02. The quantitative estimate of drug-likeness (QED) is 0.892. The Balaban J connectivity index is 3.31. The van der Waals surface area contributed by atoms with E-state index in [1.165, 1.54) is 6.07 Å². The fourth-order valence-electron chi connectivity index (χ4n) is 2.13. The number of carbonyl (C=O) groups is 1. The van der Waals surface area contributed by atoms with Gasteiger partial charge in [0.05, 0.1) is 5.56 Å². The lowest BCUT2D eigenvalue weighted by atomic mass is 10.1. The zero-order valence-electron chi connectivity index (χ0n) is 11.2. The molecule has 0 aliphatic rings. The number of carboxylic acid groups (broad SMARTS) is 1. The summed E-state index contributed by atoms with van der Waals surface area (Å²) in [5.41, 5.74) is 1.18. The highest BCUT2D eigenvalue weighted by Gasteiger charge is 2.18. The van der Waals surface area contributed by atoms with E-state index < -0.39 is 5.97 Å². The zero-order valence-corrected chi connectivity index (χ0v) is 12.0. The molecule has 1 aromatic heterocycles. The van der Waals surface area contributed by atoms with Crippen LogP contribution in [0.2, 0.25) is 0 Å². The van der Waals surface area contributed by atoms with E-state index in [9.17, 15) is 14.7 Å². The third-order valence-corrected chi connectivity index (χ3v) is 4.04. The maximum atomic E-state index is 12.0. The Hall–Kier alpha value is -1.23. The summed E-state index contributed by atoms with van der Waals surface area (Å²) >= 11 is 1.74. The van der Waals surface area contributed by atoms with Gasteiger partial charge in [-0.05, 0) is 32.1 Å². The van der Waals surface area contributed by atoms with Gasteiger partial charge in [-0.15, -0.1) is 0 Å². The lowest BCUT2D eigenvalue weighted by Gasteiger charge is -2.20. The van der Waals surface area contributed by atoms with Gasteiger partial charge in [-0.25, -0.2) is 4.79 Å². The van der Waals surface area contributed by atoms with Crippen molar-refractivity contribution < 1.29 is 9.90 Å². The molecule has 0 saturated carbocycles. The van der Waals surface area contributed by atoms with Gasteiger partial charge < -0.3 is 9.67 Å². The molecule has 0 aliphatic heterocycles. The Bertz CT molecular complexity index is 508. The molecule has 18 heavy (non-hydrogen) atoms. The van der Waals surface area contributed by atoms with Crippen LogP contribution >= 0.6 is 11.8 Å². The maximum Gasteiger partial charge on any atom is 0.337 e. The van der Waals surface area contributed by atoms with Crippen LogP contribution in [0.15, 0.2) is 10.9 Å². The molecule has 1 rings (SSSR count). The summed E-state index contributed by atoms with van der Waals surface area (Å²) < 4.78 is 1.58. The monoisotopic (exact) mass is 269 g/mol. The molecule has 0 amide bonds. The van der Waals surface area contributed by atoms with Crippen LogP contribution in [0.4, 0.5) is 0 Å². The van der Waals surface area contributed by atoms with E-state index >= 15 is 0 Å². The van der Waals surface area contributed by atoms with E-state index in [-0.39, 0.29) is 17.2 Å². The molecule has 100 valence electrons. The Morgan fingerprint density at radius 3 is 2.61 bits per heavy atom. The number of hydrogen-bond donors (Lipinski definition) is 1. The number of pyridine rings is 1. The summed E-state index contributed by atoms with van der Waals surface area (Å²) in [4.78, 5) is 23.2. The van der Waals surface area contributed by atoms with Crippen LogP contribution in [0, 0.1) is 13.8 Å². The molecule has 1 atom stereocenters. The van der Waals surface area contributed by atoms with Gasteiger partial charge in [-0.3, -0.25) is 4.79 Å². The molecule has 0 radical (unpaired) electrons. The summed E-state index contributed by atoms with van der Waals surface area (Å²) in [6.07, 6.45) is 0. The minimum absolute atomic E-state index is 0.00106. The van der Waals surface area contributed by atoms with Crippen molar-refractivity contribution in [3.05, 3.63) is 33.2 Å². The minimum atomic E-state index is -0.978. The van der Waals surface area contributed by atoms with E-state index in [2.05, 4.69) is 6.92 Å². The lowest BCUT2D eigenvalue weighted by Crippen LogP contribution is -2.29. The van der Waals surface area contributed by atoms with Crippen molar-refractivity contribution in [3.8, 4) is 0 Å². The summed E-state index contributed by atoms with van der Waals surface area (Å²) in [5, 5.41) is 9.20. The molecular formula is C13H19NO3S. The number of hydrogen-bond acceptors (Lipinski definition) is 3. The van der Waals surface area contributed by atoms with Crippen molar-refractivity contribution in [1.29, 1.82) is 0 Å². The molecule has 0 bridgehead atoms. The largest absolute Gasteiger partial charge is 0.478 e. The van der Waals surface area contributed by atoms with Gasteiger partial charge in [0.2, 0.25) is 0 Å². The SMILES string of the molecule is CCSCC(C)n1c(C)c(C(=O)O)c(C)cc1=O. The molecule has 0 aromatic carbocycles. The fourth-order valence-corrected chi connectivity index (χ4v) is 2.86. The van der Waals surface area contributed by atoms with Crippen LogP contribution in [0.25, 0.3) is 0 Å². The van der Waals surface area contributed by atoms with Crippen LogP contribution < -0.4 is 5.56 Å². The first-order valence-corrected chi connectivity index (χ1v) is 7.09. The molecule has 1 unspecified atom stereocenters. The van der Waals surface area contributed by atoms with Crippen molar-refractivity contribution in [1.82, 2.24) is 4.57 Å². The number of carboxylic acids is 1. The first kappa shape index (κ1) is 14.8. The standard InChI is InChI=1S/C13H19NO3S/c1-5-18-7-9(3)14-10(4)12(13(16)17)8(2)6-11(14)15/h6,9H,5,7H2,1-4H3,(H,16,17).